The van der Waals surface area contributed by atoms with Crippen molar-refractivity contribution in [3.63, 3.8) is 0 Å². The lowest BCUT2D eigenvalue weighted by atomic mass is 10.0. The van der Waals surface area contributed by atoms with E-state index in [1.807, 2.05) is 6.92 Å². The normalized spacial score (nSPS) is 19.8. The lowest BCUT2D eigenvalue weighted by molar-refractivity contribution is -0.729. The predicted molar refractivity (Wildman–Crippen MR) is 96.5 cm³/mol. The van der Waals surface area contributed by atoms with Crippen molar-refractivity contribution < 1.29 is 19.7 Å². The van der Waals surface area contributed by atoms with Crippen LogP contribution in [0.3, 0.4) is 0 Å². The van der Waals surface area contributed by atoms with Crippen LogP contribution in [0.25, 0.3) is 0 Å². The van der Waals surface area contributed by atoms with Crippen molar-refractivity contribution in [3.05, 3.63) is 51.6 Å². The van der Waals surface area contributed by atoms with Gasteiger partial charge >= 0.3 is 11.7 Å². The summed E-state index contributed by atoms with van der Waals surface area (Å²) >= 11 is 3.32. The number of ether oxygens (including phenoxy) is 1. The molecule has 9 heteroatoms. The van der Waals surface area contributed by atoms with E-state index in [-0.39, 0.29) is 22.8 Å². The second-order valence-electron chi connectivity index (χ2n) is 6.12. The Labute approximate surface area is 158 Å². The van der Waals surface area contributed by atoms with Gasteiger partial charge in [-0.05, 0) is 35.0 Å². The molecule has 26 heavy (non-hydrogen) atoms. The minimum atomic E-state index is -0.447. The van der Waals surface area contributed by atoms with Crippen molar-refractivity contribution in [3.8, 4) is 0 Å². The fraction of sp³-hybridized carbons (Fsp3) is 0.353. The van der Waals surface area contributed by atoms with Crippen LogP contribution in [0.15, 0.2) is 41.1 Å². The van der Waals surface area contributed by atoms with Gasteiger partial charge in [0.05, 0.1) is 14.9 Å². The zero-order valence-electron chi connectivity index (χ0n) is 14.1. The molecule has 2 atom stereocenters. The number of piperidine rings is 1. The summed E-state index contributed by atoms with van der Waals surface area (Å²) < 4.78 is 6.41. The minimum Gasteiger partial charge on any atom is -0.459 e. The van der Waals surface area contributed by atoms with Gasteiger partial charge in [-0.25, -0.2) is 20.0 Å². The number of benzene rings is 1. The molecule has 1 fully saturated rings. The number of esters is 1. The Balaban J connectivity index is 1.59. The zero-order chi connectivity index (χ0) is 18.7. The average Bonchev–Trinajstić information content (AvgIpc) is 2.63. The highest BCUT2D eigenvalue weighted by Crippen LogP contribution is 2.25. The number of anilines is 1. The summed E-state index contributed by atoms with van der Waals surface area (Å²) in [6, 6.07) is 5.76. The summed E-state index contributed by atoms with van der Waals surface area (Å²) in [6.45, 7) is 2.74. The van der Waals surface area contributed by atoms with Crippen LogP contribution in [0.4, 0.5) is 11.6 Å². The molecule has 2 aromatic rings. The summed E-state index contributed by atoms with van der Waals surface area (Å²) in [7, 11) is 0. The maximum atomic E-state index is 12.3. The van der Waals surface area contributed by atoms with Gasteiger partial charge in [0, 0.05) is 50.0 Å². The second-order valence-corrected chi connectivity index (χ2v) is 7.03. The first kappa shape index (κ1) is 18.2. The van der Waals surface area contributed by atoms with Crippen LogP contribution in [-0.2, 0) is 4.74 Å². The van der Waals surface area contributed by atoms with Gasteiger partial charge in [0.25, 0.3) is 4.92 Å². The van der Waals surface area contributed by atoms with Crippen molar-refractivity contribution in [2.24, 2.45) is 0 Å². The largest absolute Gasteiger partial charge is 0.459 e. The Morgan fingerprint density at radius 2 is 1.96 bits per heavy atom. The molecule has 0 spiro atoms. The molecule has 1 N–H and O–H groups in total. The molecule has 1 aliphatic heterocycles. The van der Waals surface area contributed by atoms with Gasteiger partial charge in [0.1, 0.15) is 6.10 Å². The molecule has 1 saturated heterocycles. The molecule has 0 bridgehead atoms. The molecule has 0 radical (unpaired) electrons. The topological polar surface area (TPSA) is 95.6 Å². The highest BCUT2D eigenvalue weighted by molar-refractivity contribution is 9.10. The fourth-order valence-corrected chi connectivity index (χ4v) is 3.14. The molecular formula is C17H18BrN4O4+. The number of nitrogens with zero attached hydrogens (tertiary/aromatic N) is 4. The smallest absolute Gasteiger partial charge is 0.338 e. The van der Waals surface area contributed by atoms with Gasteiger partial charge in [0.2, 0.25) is 5.95 Å². The Morgan fingerprint density at radius 3 is 2.54 bits per heavy atom. The monoisotopic (exact) mass is 421 g/mol. The van der Waals surface area contributed by atoms with Gasteiger partial charge in [-0.3, -0.25) is 0 Å². The molecule has 0 aliphatic carbocycles. The Hall–Kier alpha value is -2.55. The first-order valence-electron chi connectivity index (χ1n) is 8.15. The standard InChI is InChI=1S/C17H18BrN4O4/c1-11-8-15(6-7-21(11)17-19-9-13(18)10-20-17)26-16(23)12-2-4-14(5-3-12)22(24)25/h2-5,9-11,15H,6-8H2,1H3,(H,24,25)/q+1/t11-,15+/m1/s1. The van der Waals surface area contributed by atoms with Gasteiger partial charge in [0.15, 0.2) is 0 Å². The van der Waals surface area contributed by atoms with Crippen LogP contribution in [0, 0.1) is 4.91 Å². The SMILES string of the molecule is C[C@@H]1C[C@@H](OC(=O)c2ccc([N+](=O)O)cc2)CCN1c1ncc(Br)cn1. The number of aromatic nitrogens is 2. The molecule has 1 aliphatic rings. The number of hydrogen-bond donors (Lipinski definition) is 1. The summed E-state index contributed by atoms with van der Waals surface area (Å²) in [6.07, 6.45) is 4.57. The van der Waals surface area contributed by atoms with Gasteiger partial charge in [-0.2, -0.15) is 0 Å². The maximum Gasteiger partial charge on any atom is 0.338 e. The number of hydrogen-bond acceptors (Lipinski definition) is 6. The fourth-order valence-electron chi connectivity index (χ4n) is 2.93. The van der Waals surface area contributed by atoms with Crippen LogP contribution in [0.5, 0.6) is 0 Å². The van der Waals surface area contributed by atoms with E-state index in [0.717, 1.165) is 4.47 Å². The number of carbonyl (C=O) groups excluding carboxylic acids is 1. The molecule has 0 amide bonds. The molecule has 8 nitrogen and oxygen atoms in total. The maximum absolute atomic E-state index is 12.3. The summed E-state index contributed by atoms with van der Waals surface area (Å²) in [5.74, 6) is 0.213. The van der Waals surface area contributed by atoms with E-state index in [2.05, 4.69) is 30.8 Å². The Morgan fingerprint density at radius 1 is 1.31 bits per heavy atom. The van der Waals surface area contributed by atoms with E-state index in [0.29, 0.717) is 30.9 Å². The number of halogens is 1. The summed E-state index contributed by atoms with van der Waals surface area (Å²) in [5, 5.41) is 8.82. The first-order valence-corrected chi connectivity index (χ1v) is 8.94. The molecule has 1 aromatic heterocycles. The molecule has 2 heterocycles. The van der Waals surface area contributed by atoms with E-state index < -0.39 is 5.97 Å². The molecule has 0 unspecified atom stereocenters. The third kappa shape index (κ3) is 4.16. The number of rotatable bonds is 4. The van der Waals surface area contributed by atoms with Crippen molar-refractivity contribution in [2.45, 2.75) is 31.9 Å². The molecular weight excluding hydrogens is 404 g/mol. The van der Waals surface area contributed by atoms with Crippen molar-refractivity contribution in [1.82, 2.24) is 9.97 Å². The molecule has 136 valence electrons. The first-order chi connectivity index (χ1) is 12.4. The zero-order valence-corrected chi connectivity index (χ0v) is 15.7. The Bertz CT molecular complexity index is 797. The van der Waals surface area contributed by atoms with Crippen LogP contribution in [-0.4, -0.2) is 44.8 Å². The second kappa shape index (κ2) is 7.77. The third-order valence-corrected chi connectivity index (χ3v) is 4.70. The Kier molecular flexibility index (Phi) is 5.46. The average molecular weight is 422 g/mol. The molecule has 1 aromatic carbocycles. The van der Waals surface area contributed by atoms with Crippen LogP contribution >= 0.6 is 15.9 Å². The van der Waals surface area contributed by atoms with Crippen LogP contribution < -0.4 is 4.90 Å². The molecule has 3 rings (SSSR count). The quantitative estimate of drug-likeness (QED) is 0.597. The minimum absolute atomic E-state index is 0.0537. The van der Waals surface area contributed by atoms with Crippen molar-refractivity contribution in [2.75, 3.05) is 11.4 Å². The third-order valence-electron chi connectivity index (χ3n) is 4.29. The van der Waals surface area contributed by atoms with E-state index >= 15 is 0 Å². The highest BCUT2D eigenvalue weighted by Gasteiger charge is 2.29. The van der Waals surface area contributed by atoms with Gasteiger partial charge in [-0.15, -0.1) is 0 Å². The van der Waals surface area contributed by atoms with E-state index in [1.54, 1.807) is 12.4 Å². The highest BCUT2D eigenvalue weighted by atomic mass is 79.9. The van der Waals surface area contributed by atoms with Gasteiger partial charge in [-0.1, -0.05) is 0 Å². The van der Waals surface area contributed by atoms with E-state index in [9.17, 15) is 9.70 Å². The van der Waals surface area contributed by atoms with E-state index in [4.69, 9.17) is 9.94 Å². The lowest BCUT2D eigenvalue weighted by Crippen LogP contribution is -2.44. The van der Waals surface area contributed by atoms with Crippen LogP contribution in [0.1, 0.15) is 30.1 Å². The summed E-state index contributed by atoms with van der Waals surface area (Å²) in [4.78, 5) is 33.5. The van der Waals surface area contributed by atoms with Crippen LogP contribution in [0.2, 0.25) is 0 Å². The van der Waals surface area contributed by atoms with Crippen molar-refractivity contribution >= 4 is 33.5 Å². The predicted octanol–water partition coefficient (Wildman–Crippen LogP) is 3.25. The molecule has 0 saturated carbocycles. The van der Waals surface area contributed by atoms with Gasteiger partial charge < -0.3 is 9.64 Å². The lowest BCUT2D eigenvalue weighted by Gasteiger charge is -2.37. The summed E-state index contributed by atoms with van der Waals surface area (Å²) in [5.41, 5.74) is 0.389. The van der Waals surface area contributed by atoms with Crippen molar-refractivity contribution in [1.29, 1.82) is 0 Å². The number of carbonyl (C=O) groups is 1. The van der Waals surface area contributed by atoms with E-state index in [1.165, 1.54) is 24.3 Å².